The maximum absolute atomic E-state index is 12.3. The summed E-state index contributed by atoms with van der Waals surface area (Å²) in [5.74, 6) is -0.676. The summed E-state index contributed by atoms with van der Waals surface area (Å²) in [7, 11) is 0. The Morgan fingerprint density at radius 3 is 2.62 bits per heavy atom. The highest BCUT2D eigenvalue weighted by Gasteiger charge is 2.12. The number of hydrogen-bond acceptors (Lipinski definition) is 5. The molecule has 21 heavy (non-hydrogen) atoms. The SMILES string of the molecule is NC(=O)c1ccc(N)c(Nc2ccccc2OC(F)F)n1. The minimum Gasteiger partial charge on any atom is -0.433 e. The summed E-state index contributed by atoms with van der Waals surface area (Å²) in [5.41, 5.74) is 11.3. The summed E-state index contributed by atoms with van der Waals surface area (Å²) in [5, 5.41) is 2.74. The van der Waals surface area contributed by atoms with E-state index in [2.05, 4.69) is 15.0 Å². The molecule has 1 heterocycles. The molecule has 0 saturated carbocycles. The Balaban J connectivity index is 2.34. The zero-order chi connectivity index (χ0) is 15.4. The van der Waals surface area contributed by atoms with Crippen LogP contribution in [0.3, 0.4) is 0 Å². The van der Waals surface area contributed by atoms with Crippen LogP contribution in [-0.4, -0.2) is 17.5 Å². The lowest BCUT2D eigenvalue weighted by atomic mass is 10.2. The van der Waals surface area contributed by atoms with Gasteiger partial charge in [0.25, 0.3) is 5.91 Å². The van der Waals surface area contributed by atoms with Crippen molar-refractivity contribution in [3.63, 3.8) is 0 Å². The molecule has 0 aliphatic carbocycles. The van der Waals surface area contributed by atoms with Crippen LogP contribution in [0.4, 0.5) is 26.0 Å². The van der Waals surface area contributed by atoms with Crippen molar-refractivity contribution in [1.82, 2.24) is 4.98 Å². The smallest absolute Gasteiger partial charge is 0.387 e. The summed E-state index contributed by atoms with van der Waals surface area (Å²) in [4.78, 5) is 15.0. The molecule has 110 valence electrons. The van der Waals surface area contributed by atoms with Crippen molar-refractivity contribution in [2.75, 3.05) is 11.1 Å². The molecule has 0 aliphatic heterocycles. The topological polar surface area (TPSA) is 103 Å². The number of halogens is 2. The van der Waals surface area contributed by atoms with E-state index >= 15 is 0 Å². The van der Waals surface area contributed by atoms with E-state index in [1.165, 1.54) is 24.3 Å². The molecule has 0 bridgehead atoms. The monoisotopic (exact) mass is 294 g/mol. The lowest BCUT2D eigenvalue weighted by Gasteiger charge is -2.13. The molecule has 0 unspecified atom stereocenters. The summed E-state index contributed by atoms with van der Waals surface area (Å²) in [6.45, 7) is -2.96. The van der Waals surface area contributed by atoms with Gasteiger partial charge < -0.3 is 21.5 Å². The molecule has 0 atom stereocenters. The average Bonchev–Trinajstić information content (AvgIpc) is 2.42. The molecule has 2 rings (SSSR count). The van der Waals surface area contributed by atoms with Gasteiger partial charge in [0, 0.05) is 0 Å². The molecule has 5 N–H and O–H groups in total. The zero-order valence-electron chi connectivity index (χ0n) is 10.7. The van der Waals surface area contributed by atoms with Gasteiger partial charge in [0.2, 0.25) is 0 Å². The Labute approximate surface area is 118 Å². The van der Waals surface area contributed by atoms with Gasteiger partial charge in [0.1, 0.15) is 11.4 Å². The number of amides is 1. The number of primary amides is 1. The Hall–Kier alpha value is -2.90. The van der Waals surface area contributed by atoms with E-state index in [0.717, 1.165) is 0 Å². The van der Waals surface area contributed by atoms with E-state index in [4.69, 9.17) is 11.5 Å². The summed E-state index contributed by atoms with van der Waals surface area (Å²) in [6, 6.07) is 8.84. The number of ether oxygens (including phenoxy) is 1. The number of nitrogen functional groups attached to an aromatic ring is 1. The van der Waals surface area contributed by atoms with Gasteiger partial charge in [-0.1, -0.05) is 12.1 Å². The standard InChI is InChI=1S/C13H12F2N4O2/c14-13(15)21-10-4-2-1-3-8(10)18-12-7(16)5-6-9(19-12)11(17)20/h1-6,13H,16H2,(H2,17,20)(H,18,19). The first kappa shape index (κ1) is 14.5. The van der Waals surface area contributed by atoms with E-state index in [9.17, 15) is 13.6 Å². The van der Waals surface area contributed by atoms with Crippen molar-refractivity contribution in [3.8, 4) is 5.75 Å². The van der Waals surface area contributed by atoms with Gasteiger partial charge in [-0.15, -0.1) is 0 Å². The molecule has 0 aliphatic rings. The molecule has 0 fully saturated rings. The van der Waals surface area contributed by atoms with Crippen molar-refractivity contribution in [2.45, 2.75) is 6.61 Å². The summed E-state index contributed by atoms with van der Waals surface area (Å²) < 4.78 is 29.1. The highest BCUT2D eigenvalue weighted by Crippen LogP contribution is 2.30. The van der Waals surface area contributed by atoms with Gasteiger partial charge in [-0.3, -0.25) is 4.79 Å². The second kappa shape index (κ2) is 6.04. The first-order chi connectivity index (χ1) is 9.97. The van der Waals surface area contributed by atoms with Crippen LogP contribution in [0, 0.1) is 0 Å². The fraction of sp³-hybridized carbons (Fsp3) is 0.0769. The minimum absolute atomic E-state index is 0.000964. The van der Waals surface area contributed by atoms with Crippen molar-refractivity contribution in [1.29, 1.82) is 0 Å². The van der Waals surface area contributed by atoms with Crippen LogP contribution in [0.1, 0.15) is 10.5 Å². The number of anilines is 3. The maximum atomic E-state index is 12.3. The number of alkyl halides is 2. The number of carbonyl (C=O) groups excluding carboxylic acids is 1. The lowest BCUT2D eigenvalue weighted by Crippen LogP contribution is -2.14. The Morgan fingerprint density at radius 1 is 1.24 bits per heavy atom. The quantitative estimate of drug-likeness (QED) is 0.783. The maximum Gasteiger partial charge on any atom is 0.387 e. The Bertz CT molecular complexity index is 664. The number of nitrogens with two attached hydrogens (primary N) is 2. The fourth-order valence-corrected chi connectivity index (χ4v) is 1.60. The van der Waals surface area contributed by atoms with Crippen molar-refractivity contribution >= 4 is 23.1 Å². The van der Waals surface area contributed by atoms with E-state index in [1.54, 1.807) is 12.1 Å². The fourth-order valence-electron chi connectivity index (χ4n) is 1.60. The first-order valence-corrected chi connectivity index (χ1v) is 5.84. The highest BCUT2D eigenvalue weighted by atomic mass is 19.3. The van der Waals surface area contributed by atoms with Gasteiger partial charge >= 0.3 is 6.61 Å². The van der Waals surface area contributed by atoms with Crippen LogP contribution in [0.15, 0.2) is 36.4 Å². The molecule has 6 nitrogen and oxygen atoms in total. The summed E-state index contributed by atoms with van der Waals surface area (Å²) in [6.07, 6.45) is 0. The molecule has 0 spiro atoms. The normalized spacial score (nSPS) is 10.4. The molecular weight excluding hydrogens is 282 g/mol. The molecule has 1 aromatic carbocycles. The Morgan fingerprint density at radius 2 is 1.95 bits per heavy atom. The molecule has 2 aromatic rings. The predicted molar refractivity (Wildman–Crippen MR) is 73.5 cm³/mol. The van der Waals surface area contributed by atoms with Crippen LogP contribution in [0.5, 0.6) is 5.75 Å². The average molecular weight is 294 g/mol. The molecule has 1 aromatic heterocycles. The van der Waals surface area contributed by atoms with Crippen LogP contribution < -0.4 is 21.5 Å². The van der Waals surface area contributed by atoms with Crippen molar-refractivity contribution in [3.05, 3.63) is 42.1 Å². The second-order valence-corrected chi connectivity index (χ2v) is 4.00. The third kappa shape index (κ3) is 3.56. The predicted octanol–water partition coefficient (Wildman–Crippen LogP) is 2.11. The van der Waals surface area contributed by atoms with E-state index in [-0.39, 0.29) is 28.6 Å². The van der Waals surface area contributed by atoms with Gasteiger partial charge in [0.15, 0.2) is 5.82 Å². The van der Waals surface area contributed by atoms with Gasteiger partial charge in [-0.05, 0) is 24.3 Å². The van der Waals surface area contributed by atoms with Crippen LogP contribution >= 0.6 is 0 Å². The van der Waals surface area contributed by atoms with E-state index in [1.807, 2.05) is 0 Å². The van der Waals surface area contributed by atoms with Gasteiger partial charge in [-0.25, -0.2) is 4.98 Å². The Kier molecular flexibility index (Phi) is 4.17. The van der Waals surface area contributed by atoms with Gasteiger partial charge in [-0.2, -0.15) is 8.78 Å². The largest absolute Gasteiger partial charge is 0.433 e. The van der Waals surface area contributed by atoms with E-state index in [0.29, 0.717) is 0 Å². The molecule has 8 heteroatoms. The van der Waals surface area contributed by atoms with Crippen LogP contribution in [0.25, 0.3) is 0 Å². The number of rotatable bonds is 5. The number of nitrogens with one attached hydrogen (secondary N) is 1. The minimum atomic E-state index is -2.96. The summed E-state index contributed by atoms with van der Waals surface area (Å²) >= 11 is 0. The number of pyridine rings is 1. The molecule has 0 saturated heterocycles. The number of nitrogens with zero attached hydrogens (tertiary/aromatic N) is 1. The number of aromatic nitrogens is 1. The van der Waals surface area contributed by atoms with Crippen molar-refractivity contribution < 1.29 is 18.3 Å². The highest BCUT2D eigenvalue weighted by molar-refractivity contribution is 5.92. The van der Waals surface area contributed by atoms with E-state index < -0.39 is 12.5 Å². The molecule has 0 radical (unpaired) electrons. The third-order valence-electron chi connectivity index (χ3n) is 2.54. The lowest BCUT2D eigenvalue weighted by molar-refractivity contribution is -0.0493. The van der Waals surface area contributed by atoms with Crippen molar-refractivity contribution in [2.24, 2.45) is 5.73 Å². The first-order valence-electron chi connectivity index (χ1n) is 5.84. The number of para-hydroxylation sites is 2. The number of hydrogen-bond donors (Lipinski definition) is 3. The van der Waals surface area contributed by atoms with Crippen LogP contribution in [0.2, 0.25) is 0 Å². The number of carbonyl (C=O) groups is 1. The molecule has 1 amide bonds. The number of benzene rings is 1. The zero-order valence-corrected chi connectivity index (χ0v) is 10.7. The second-order valence-electron chi connectivity index (χ2n) is 4.00. The van der Waals surface area contributed by atoms with Gasteiger partial charge in [0.05, 0.1) is 11.4 Å². The third-order valence-corrected chi connectivity index (χ3v) is 2.54. The molecular formula is C13H12F2N4O2. The van der Waals surface area contributed by atoms with Crippen LogP contribution in [-0.2, 0) is 0 Å².